The van der Waals surface area contributed by atoms with Gasteiger partial charge in [-0.15, -0.1) is 0 Å². The average Bonchev–Trinajstić information content (AvgIpc) is 3.24. The SMILES string of the molecule is C[C@@H](OCc1ccc(CCCCc2ccc3c(c2)n(C)c(=O)n3C2CCC(=O)NC2=O)cc1)[C@H](CCC(N)=O)NC(=O)OC(C)(C)C. The fourth-order valence-electron chi connectivity index (χ4n) is 5.78. The Labute approximate surface area is 275 Å². The van der Waals surface area contributed by atoms with Crippen LogP contribution in [-0.4, -0.2) is 50.7 Å². The van der Waals surface area contributed by atoms with Crippen molar-refractivity contribution in [1.82, 2.24) is 19.8 Å². The minimum atomic E-state index is -0.692. The highest BCUT2D eigenvalue weighted by Crippen LogP contribution is 2.24. The smallest absolute Gasteiger partial charge is 0.407 e. The van der Waals surface area contributed by atoms with Crippen molar-refractivity contribution in [2.45, 2.75) is 109 Å². The zero-order valence-electron chi connectivity index (χ0n) is 28.0. The molecule has 2 aromatic carbocycles. The van der Waals surface area contributed by atoms with E-state index < -0.39 is 35.6 Å². The monoisotopic (exact) mass is 649 g/mol. The van der Waals surface area contributed by atoms with Crippen LogP contribution < -0.4 is 22.1 Å². The Morgan fingerprint density at radius 2 is 1.64 bits per heavy atom. The van der Waals surface area contributed by atoms with Crippen LogP contribution in [0.2, 0.25) is 0 Å². The van der Waals surface area contributed by atoms with E-state index in [1.807, 2.05) is 37.3 Å². The van der Waals surface area contributed by atoms with Crippen molar-refractivity contribution in [3.8, 4) is 0 Å². The van der Waals surface area contributed by atoms with Gasteiger partial charge in [-0.25, -0.2) is 9.59 Å². The number of hydrogen-bond donors (Lipinski definition) is 3. The molecule has 4 rings (SSSR count). The molecule has 0 spiro atoms. The lowest BCUT2D eigenvalue weighted by Gasteiger charge is -2.27. The molecule has 47 heavy (non-hydrogen) atoms. The van der Waals surface area contributed by atoms with Gasteiger partial charge in [-0.2, -0.15) is 0 Å². The average molecular weight is 650 g/mol. The first-order valence-electron chi connectivity index (χ1n) is 16.2. The molecule has 4 N–H and O–H groups in total. The number of primary amides is 1. The molecule has 1 fully saturated rings. The lowest BCUT2D eigenvalue weighted by Crippen LogP contribution is -2.45. The summed E-state index contributed by atoms with van der Waals surface area (Å²) in [5.41, 5.74) is 9.20. The van der Waals surface area contributed by atoms with Crippen LogP contribution in [0, 0.1) is 0 Å². The summed E-state index contributed by atoms with van der Waals surface area (Å²) < 4.78 is 14.5. The fraction of sp³-hybridized carbons (Fsp3) is 0.514. The highest BCUT2D eigenvalue weighted by Gasteiger charge is 2.31. The number of amides is 4. The summed E-state index contributed by atoms with van der Waals surface area (Å²) in [5.74, 6) is -1.19. The first kappa shape index (κ1) is 35.4. The van der Waals surface area contributed by atoms with E-state index in [0.29, 0.717) is 25.0 Å². The molecule has 0 aliphatic carbocycles. The molecule has 12 nitrogen and oxygen atoms in total. The Bertz CT molecular complexity index is 1650. The number of nitrogens with one attached hydrogen (secondary N) is 2. The summed E-state index contributed by atoms with van der Waals surface area (Å²) in [4.78, 5) is 60.7. The Hall–Kier alpha value is -4.45. The molecule has 0 radical (unpaired) electrons. The number of carbonyl (C=O) groups is 4. The summed E-state index contributed by atoms with van der Waals surface area (Å²) in [7, 11) is 1.70. The van der Waals surface area contributed by atoms with Crippen LogP contribution in [0.5, 0.6) is 0 Å². The van der Waals surface area contributed by atoms with E-state index >= 15 is 0 Å². The molecule has 4 amide bonds. The number of nitrogens with zero attached hydrogens (tertiary/aromatic N) is 2. The number of carbonyl (C=O) groups excluding carboxylic acids is 4. The lowest BCUT2D eigenvalue weighted by atomic mass is 10.0. The van der Waals surface area contributed by atoms with Crippen LogP contribution in [-0.2, 0) is 50.4 Å². The summed E-state index contributed by atoms with van der Waals surface area (Å²) in [5, 5.41) is 5.15. The fourth-order valence-corrected chi connectivity index (χ4v) is 5.78. The van der Waals surface area contributed by atoms with E-state index in [1.165, 1.54) is 10.1 Å². The number of imidazole rings is 1. The first-order valence-corrected chi connectivity index (χ1v) is 16.2. The summed E-state index contributed by atoms with van der Waals surface area (Å²) >= 11 is 0. The minimum Gasteiger partial charge on any atom is -0.444 e. The predicted molar refractivity (Wildman–Crippen MR) is 178 cm³/mol. The van der Waals surface area contributed by atoms with Crippen LogP contribution in [0.3, 0.4) is 0 Å². The van der Waals surface area contributed by atoms with E-state index in [2.05, 4.69) is 22.8 Å². The van der Waals surface area contributed by atoms with E-state index in [1.54, 1.807) is 32.4 Å². The molecular formula is C35H47N5O7. The van der Waals surface area contributed by atoms with E-state index in [-0.39, 0.29) is 30.5 Å². The van der Waals surface area contributed by atoms with E-state index in [4.69, 9.17) is 15.2 Å². The van der Waals surface area contributed by atoms with Gasteiger partial charge < -0.3 is 20.5 Å². The Balaban J connectivity index is 1.26. The number of fused-ring (bicyclic) bond motifs is 1. The highest BCUT2D eigenvalue weighted by atomic mass is 16.6. The molecule has 254 valence electrons. The van der Waals surface area contributed by atoms with Gasteiger partial charge in [-0.3, -0.25) is 28.8 Å². The summed E-state index contributed by atoms with van der Waals surface area (Å²) in [6, 6.07) is 13.0. The molecule has 2 heterocycles. The second-order valence-corrected chi connectivity index (χ2v) is 13.3. The van der Waals surface area contributed by atoms with Crippen molar-refractivity contribution in [3.63, 3.8) is 0 Å². The maximum Gasteiger partial charge on any atom is 0.407 e. The Kier molecular flexibility index (Phi) is 11.6. The number of alkyl carbamates (subject to hydrolysis) is 1. The second-order valence-electron chi connectivity index (χ2n) is 13.3. The number of hydrogen-bond acceptors (Lipinski definition) is 7. The molecule has 1 aliphatic rings. The van der Waals surface area contributed by atoms with Crippen molar-refractivity contribution in [1.29, 1.82) is 0 Å². The van der Waals surface area contributed by atoms with Crippen molar-refractivity contribution in [2.75, 3.05) is 0 Å². The molecule has 1 unspecified atom stereocenters. The van der Waals surface area contributed by atoms with Gasteiger partial charge in [-0.1, -0.05) is 30.3 Å². The number of aryl methyl sites for hydroxylation is 3. The number of piperidine rings is 1. The quantitative estimate of drug-likeness (QED) is 0.176. The van der Waals surface area contributed by atoms with Crippen LogP contribution >= 0.6 is 0 Å². The molecule has 3 aromatic rings. The zero-order valence-corrected chi connectivity index (χ0v) is 28.0. The predicted octanol–water partition coefficient (Wildman–Crippen LogP) is 3.95. The van der Waals surface area contributed by atoms with Gasteiger partial charge in [0.1, 0.15) is 11.6 Å². The van der Waals surface area contributed by atoms with Gasteiger partial charge in [0.05, 0.1) is 29.8 Å². The first-order chi connectivity index (χ1) is 22.2. The van der Waals surface area contributed by atoms with Gasteiger partial charge in [0.15, 0.2) is 0 Å². The molecule has 1 aliphatic heterocycles. The van der Waals surface area contributed by atoms with Gasteiger partial charge in [0.2, 0.25) is 17.7 Å². The Morgan fingerprint density at radius 3 is 2.28 bits per heavy atom. The molecule has 3 atom stereocenters. The minimum absolute atomic E-state index is 0.120. The number of ether oxygens (including phenoxy) is 2. The van der Waals surface area contributed by atoms with Gasteiger partial charge in [-0.05, 0) is 95.0 Å². The van der Waals surface area contributed by atoms with Crippen molar-refractivity contribution in [2.24, 2.45) is 12.8 Å². The maximum absolute atomic E-state index is 13.0. The number of rotatable bonds is 14. The maximum atomic E-state index is 13.0. The molecule has 1 saturated heterocycles. The number of unbranched alkanes of at least 4 members (excludes halogenated alkanes) is 1. The van der Waals surface area contributed by atoms with E-state index in [9.17, 15) is 24.0 Å². The topological polar surface area (TPSA) is 164 Å². The van der Waals surface area contributed by atoms with Gasteiger partial charge >= 0.3 is 11.8 Å². The third-order valence-corrected chi connectivity index (χ3v) is 8.36. The van der Waals surface area contributed by atoms with Crippen LogP contribution in [0.1, 0.15) is 89.0 Å². The van der Waals surface area contributed by atoms with Crippen LogP contribution in [0.15, 0.2) is 47.3 Å². The molecular weight excluding hydrogens is 602 g/mol. The third kappa shape index (κ3) is 9.77. The molecule has 0 bridgehead atoms. The third-order valence-electron chi connectivity index (χ3n) is 8.36. The highest BCUT2D eigenvalue weighted by molar-refractivity contribution is 6.00. The standard InChI is InChI=1S/C35H47N5O7/c1-22(26(15-18-30(36)41)37-33(44)47-35(2,3)4)46-21-25-12-10-23(11-13-25)8-6-7-9-24-14-16-27-29(20-24)39(5)34(45)40(27)28-17-19-31(42)38-32(28)43/h10-14,16,20,22,26,28H,6-9,15,17-19,21H2,1-5H3,(H2,36,41)(H,37,44)(H,38,42,43)/t22-,26+,28?/m1/s1. The number of aromatic nitrogens is 2. The van der Waals surface area contributed by atoms with Gasteiger partial charge in [0.25, 0.3) is 0 Å². The van der Waals surface area contributed by atoms with Crippen molar-refractivity contribution in [3.05, 3.63) is 69.6 Å². The normalized spacial score (nSPS) is 16.5. The Morgan fingerprint density at radius 1 is 1.00 bits per heavy atom. The summed E-state index contributed by atoms with van der Waals surface area (Å²) in [6.45, 7) is 7.55. The van der Waals surface area contributed by atoms with Gasteiger partial charge in [0, 0.05) is 19.9 Å². The van der Waals surface area contributed by atoms with Crippen LogP contribution in [0.25, 0.3) is 11.0 Å². The largest absolute Gasteiger partial charge is 0.444 e. The number of benzene rings is 2. The molecule has 12 heteroatoms. The molecule has 1 aromatic heterocycles. The summed E-state index contributed by atoms with van der Waals surface area (Å²) in [6.07, 6.45) is 3.76. The second kappa shape index (κ2) is 15.4. The zero-order chi connectivity index (χ0) is 34.3. The lowest BCUT2D eigenvalue weighted by molar-refractivity contribution is -0.135. The van der Waals surface area contributed by atoms with Crippen molar-refractivity contribution < 1.29 is 28.7 Å². The van der Waals surface area contributed by atoms with E-state index in [0.717, 1.165) is 42.3 Å². The number of nitrogens with two attached hydrogens (primary N) is 1. The van der Waals surface area contributed by atoms with Crippen molar-refractivity contribution >= 4 is 34.8 Å². The number of imide groups is 1. The van der Waals surface area contributed by atoms with Crippen LogP contribution in [0.4, 0.5) is 4.79 Å². The molecule has 0 saturated carbocycles.